The fourth-order valence-corrected chi connectivity index (χ4v) is 0.716. The molecule has 1 aliphatic heterocycles. The lowest BCUT2D eigenvalue weighted by Gasteiger charge is -2.15. The first-order chi connectivity index (χ1) is 5.34. The Hall–Kier alpha value is -1.32. The Balaban J connectivity index is 2.42. The Morgan fingerprint density at radius 1 is 1.82 bits per heavy atom. The van der Waals surface area contributed by atoms with Crippen LogP contribution in [-0.2, 0) is 4.74 Å². The van der Waals surface area contributed by atoms with Gasteiger partial charge in [0.2, 0.25) is 0 Å². The number of hydrogen-bond acceptors (Lipinski definition) is 3. The molecule has 4 heteroatoms. The predicted octanol–water partition coefficient (Wildman–Crippen LogP) is 1.00. The molecule has 0 radical (unpaired) electrons. The Bertz CT molecular complexity index is 199. The topological polar surface area (TPSA) is 41.9 Å². The second-order valence-electron chi connectivity index (χ2n) is 2.00. The highest BCUT2D eigenvalue weighted by Gasteiger charge is 2.10. The first-order valence-corrected chi connectivity index (χ1v) is 3.46. The molecule has 1 rings (SSSR count). The van der Waals surface area contributed by atoms with Gasteiger partial charge >= 0.3 is 6.09 Å². The van der Waals surface area contributed by atoms with Crippen LogP contribution in [0.25, 0.3) is 0 Å². The molecule has 0 aromatic rings. The zero-order valence-corrected chi connectivity index (χ0v) is 6.36. The van der Waals surface area contributed by atoms with Crippen molar-refractivity contribution in [2.45, 2.75) is 6.92 Å². The van der Waals surface area contributed by atoms with E-state index >= 15 is 0 Å². The van der Waals surface area contributed by atoms with Gasteiger partial charge in [-0.2, -0.15) is 0 Å². The zero-order valence-electron chi connectivity index (χ0n) is 6.36. The quantitative estimate of drug-likeness (QED) is 0.565. The summed E-state index contributed by atoms with van der Waals surface area (Å²) in [5, 5.41) is 0. The number of rotatable bonds is 1. The molecule has 0 unspecified atom stereocenters. The second kappa shape index (κ2) is 3.75. The van der Waals surface area contributed by atoms with Crippen molar-refractivity contribution in [1.29, 1.82) is 0 Å². The summed E-state index contributed by atoms with van der Waals surface area (Å²) in [6.07, 6.45) is 4.55. The van der Waals surface area contributed by atoms with Crippen molar-refractivity contribution in [3.8, 4) is 0 Å². The molecule has 0 N–H and O–H groups in total. The van der Waals surface area contributed by atoms with Crippen LogP contribution in [0.5, 0.6) is 0 Å². The summed E-state index contributed by atoms with van der Waals surface area (Å²) < 4.78 is 4.74. The first-order valence-electron chi connectivity index (χ1n) is 3.46. The molecule has 11 heavy (non-hydrogen) atoms. The van der Waals surface area contributed by atoms with Crippen LogP contribution in [0.3, 0.4) is 0 Å². The molecule has 0 saturated heterocycles. The van der Waals surface area contributed by atoms with Crippen LogP contribution < -0.4 is 0 Å². The van der Waals surface area contributed by atoms with E-state index in [2.05, 4.69) is 4.99 Å². The standard InChI is InChI=1S/C7H10N2O2/c1-2-11-7(10)9-5-3-4-8-6-9/h3-4,6H,2,5H2,1H3. The molecule has 1 amide bonds. The summed E-state index contributed by atoms with van der Waals surface area (Å²) in [6, 6.07) is 0. The van der Waals surface area contributed by atoms with E-state index in [0.29, 0.717) is 13.2 Å². The minimum Gasteiger partial charge on any atom is -0.449 e. The molecule has 60 valence electrons. The van der Waals surface area contributed by atoms with Crippen molar-refractivity contribution in [3.05, 3.63) is 12.3 Å². The number of aliphatic imine (C=N–C) groups is 1. The molecular weight excluding hydrogens is 144 g/mol. The lowest BCUT2D eigenvalue weighted by molar-refractivity contribution is 0.131. The molecule has 4 nitrogen and oxygen atoms in total. The lowest BCUT2D eigenvalue weighted by Crippen LogP contribution is -2.31. The minimum atomic E-state index is -0.347. The van der Waals surface area contributed by atoms with E-state index < -0.39 is 0 Å². The average molecular weight is 154 g/mol. The maximum absolute atomic E-state index is 11.0. The highest BCUT2D eigenvalue weighted by atomic mass is 16.6. The maximum Gasteiger partial charge on any atom is 0.415 e. The summed E-state index contributed by atoms with van der Waals surface area (Å²) in [5.74, 6) is 0. The van der Waals surface area contributed by atoms with Crippen molar-refractivity contribution in [3.63, 3.8) is 0 Å². The van der Waals surface area contributed by atoms with Gasteiger partial charge in [0.05, 0.1) is 6.61 Å². The van der Waals surface area contributed by atoms with Gasteiger partial charge in [-0.05, 0) is 13.0 Å². The van der Waals surface area contributed by atoms with Crippen LogP contribution >= 0.6 is 0 Å². The SMILES string of the molecule is CCOC(=O)N1C=NC=CC1. The molecule has 0 fully saturated rings. The van der Waals surface area contributed by atoms with Gasteiger partial charge in [0, 0.05) is 12.7 Å². The van der Waals surface area contributed by atoms with Crippen LogP contribution in [0.4, 0.5) is 4.79 Å². The number of nitrogens with zero attached hydrogens (tertiary/aromatic N) is 2. The Morgan fingerprint density at radius 2 is 2.64 bits per heavy atom. The molecule has 1 aliphatic rings. The molecule has 0 aliphatic carbocycles. The fourth-order valence-electron chi connectivity index (χ4n) is 0.716. The third kappa shape index (κ3) is 2.07. The summed E-state index contributed by atoms with van der Waals surface area (Å²) >= 11 is 0. The maximum atomic E-state index is 11.0. The van der Waals surface area contributed by atoms with Gasteiger partial charge < -0.3 is 4.74 Å². The van der Waals surface area contributed by atoms with E-state index in [9.17, 15) is 4.79 Å². The molecule has 0 saturated carbocycles. The summed E-state index contributed by atoms with van der Waals surface area (Å²) in [7, 11) is 0. The number of carbonyl (C=O) groups excluding carboxylic acids is 1. The highest BCUT2D eigenvalue weighted by Crippen LogP contribution is 1.96. The van der Waals surface area contributed by atoms with Gasteiger partial charge in [-0.15, -0.1) is 0 Å². The minimum absolute atomic E-state index is 0.347. The first kappa shape index (κ1) is 7.78. The monoisotopic (exact) mass is 154 g/mol. The normalized spacial score (nSPS) is 15.2. The summed E-state index contributed by atoms with van der Waals surface area (Å²) in [4.78, 5) is 16.2. The number of hydrogen-bond donors (Lipinski definition) is 0. The molecule has 1 heterocycles. The number of amides is 1. The van der Waals surface area contributed by atoms with Crippen LogP contribution in [0, 0.1) is 0 Å². The summed E-state index contributed by atoms with van der Waals surface area (Å²) in [5.41, 5.74) is 0. The lowest BCUT2D eigenvalue weighted by atomic mass is 10.5. The van der Waals surface area contributed by atoms with Gasteiger partial charge in [0.15, 0.2) is 0 Å². The molecule has 0 atom stereocenters. The van der Waals surface area contributed by atoms with Crippen LogP contribution in [0.1, 0.15) is 6.92 Å². The molecule has 0 aromatic carbocycles. The Kier molecular flexibility index (Phi) is 2.66. The van der Waals surface area contributed by atoms with Gasteiger partial charge in [-0.25, -0.2) is 9.79 Å². The Morgan fingerprint density at radius 3 is 3.18 bits per heavy atom. The molecule has 0 aromatic heterocycles. The van der Waals surface area contributed by atoms with Gasteiger partial charge in [-0.3, -0.25) is 4.90 Å². The van der Waals surface area contributed by atoms with Crippen molar-refractivity contribution < 1.29 is 9.53 Å². The zero-order chi connectivity index (χ0) is 8.10. The largest absolute Gasteiger partial charge is 0.449 e. The van der Waals surface area contributed by atoms with E-state index in [1.165, 1.54) is 11.2 Å². The van der Waals surface area contributed by atoms with Crippen molar-refractivity contribution >= 4 is 12.4 Å². The van der Waals surface area contributed by atoms with Gasteiger partial charge in [0.1, 0.15) is 6.34 Å². The number of carbonyl (C=O) groups is 1. The molecule has 0 spiro atoms. The van der Waals surface area contributed by atoms with Gasteiger partial charge in [0.25, 0.3) is 0 Å². The smallest absolute Gasteiger partial charge is 0.415 e. The van der Waals surface area contributed by atoms with E-state index in [4.69, 9.17) is 4.74 Å². The molecule has 0 bridgehead atoms. The van der Waals surface area contributed by atoms with E-state index in [1.54, 1.807) is 19.2 Å². The Labute approximate surface area is 65.2 Å². The highest BCUT2D eigenvalue weighted by molar-refractivity contribution is 5.83. The van der Waals surface area contributed by atoms with E-state index in [-0.39, 0.29) is 6.09 Å². The number of ether oxygens (including phenoxy) is 1. The van der Waals surface area contributed by atoms with Crippen LogP contribution in [0.15, 0.2) is 17.3 Å². The molecular formula is C7H10N2O2. The predicted molar refractivity (Wildman–Crippen MR) is 41.4 cm³/mol. The fraction of sp³-hybridized carbons (Fsp3) is 0.429. The van der Waals surface area contributed by atoms with Crippen LogP contribution in [0.2, 0.25) is 0 Å². The van der Waals surface area contributed by atoms with Crippen LogP contribution in [-0.4, -0.2) is 30.5 Å². The van der Waals surface area contributed by atoms with E-state index in [1.807, 2.05) is 0 Å². The third-order valence-corrected chi connectivity index (χ3v) is 1.20. The van der Waals surface area contributed by atoms with Crippen molar-refractivity contribution in [2.75, 3.05) is 13.2 Å². The van der Waals surface area contributed by atoms with Crippen molar-refractivity contribution in [1.82, 2.24) is 4.90 Å². The third-order valence-electron chi connectivity index (χ3n) is 1.20. The second-order valence-corrected chi connectivity index (χ2v) is 2.00. The van der Waals surface area contributed by atoms with E-state index in [0.717, 1.165) is 0 Å². The summed E-state index contributed by atoms with van der Waals surface area (Å²) in [6.45, 7) is 2.71. The average Bonchev–Trinajstić information content (AvgIpc) is 2.07. The van der Waals surface area contributed by atoms with Crippen molar-refractivity contribution in [2.24, 2.45) is 4.99 Å². The van der Waals surface area contributed by atoms with Gasteiger partial charge in [-0.1, -0.05) is 0 Å².